The van der Waals surface area contributed by atoms with Crippen LogP contribution in [0.1, 0.15) is 33.6 Å². The summed E-state index contributed by atoms with van der Waals surface area (Å²) in [6.45, 7) is 5.27. The summed E-state index contributed by atoms with van der Waals surface area (Å²) in [4.78, 5) is 22.4. The van der Waals surface area contributed by atoms with E-state index in [4.69, 9.17) is 10.8 Å². The molecule has 0 saturated carbocycles. The summed E-state index contributed by atoms with van der Waals surface area (Å²) in [6.07, 6.45) is 0.809. The van der Waals surface area contributed by atoms with Gasteiger partial charge in [0.15, 0.2) is 0 Å². The minimum absolute atomic E-state index is 0.0991. The Bertz CT molecular complexity index is 297. The number of hydrogen-bond donors (Lipinski definition) is 3. The average Bonchev–Trinajstić information content (AvgIpc) is 2.23. The third-order valence-electron chi connectivity index (χ3n) is 2.75. The van der Waals surface area contributed by atoms with E-state index < -0.39 is 11.5 Å². The van der Waals surface area contributed by atoms with Crippen molar-refractivity contribution in [2.45, 2.75) is 44.7 Å². The van der Waals surface area contributed by atoms with E-state index in [0.29, 0.717) is 6.42 Å². The molecule has 4 N–H and O–H groups in total. The fourth-order valence-corrected chi connectivity index (χ4v) is 1.96. The summed E-state index contributed by atoms with van der Waals surface area (Å²) >= 11 is 0. The molecule has 15 heavy (non-hydrogen) atoms. The molecule has 0 aromatic carbocycles. The number of rotatable bonds is 3. The molecule has 5 heteroatoms. The molecule has 0 spiro atoms. The molecule has 0 aliphatic carbocycles. The van der Waals surface area contributed by atoms with Gasteiger partial charge in [0.05, 0.1) is 0 Å². The van der Waals surface area contributed by atoms with Crippen molar-refractivity contribution in [2.75, 3.05) is 0 Å². The van der Waals surface area contributed by atoms with Crippen LogP contribution in [0.3, 0.4) is 0 Å². The number of amides is 1. The first-order chi connectivity index (χ1) is 6.64. The first kappa shape index (κ1) is 12.0. The Morgan fingerprint density at radius 2 is 2.27 bits per heavy atom. The molecule has 0 aromatic heterocycles. The molecule has 1 fully saturated rings. The van der Waals surface area contributed by atoms with Gasteiger partial charge in [0.25, 0.3) is 0 Å². The lowest BCUT2D eigenvalue weighted by atomic mass is 9.86. The second kappa shape index (κ2) is 3.48. The minimum Gasteiger partial charge on any atom is -0.480 e. The SMILES string of the molecule is CC1(C)CC(CC(C)(N)C(=O)O)C(=O)N1. The van der Waals surface area contributed by atoms with Crippen LogP contribution in [0.25, 0.3) is 0 Å². The van der Waals surface area contributed by atoms with Crippen LogP contribution in [0.5, 0.6) is 0 Å². The van der Waals surface area contributed by atoms with E-state index in [1.54, 1.807) is 0 Å². The number of hydrogen-bond acceptors (Lipinski definition) is 3. The first-order valence-electron chi connectivity index (χ1n) is 4.98. The number of carbonyl (C=O) groups excluding carboxylic acids is 1. The fraction of sp³-hybridized carbons (Fsp3) is 0.800. The molecule has 0 radical (unpaired) electrons. The highest BCUT2D eigenvalue weighted by molar-refractivity contribution is 5.84. The van der Waals surface area contributed by atoms with Crippen molar-refractivity contribution in [1.82, 2.24) is 5.32 Å². The van der Waals surface area contributed by atoms with Gasteiger partial charge < -0.3 is 16.2 Å². The minimum atomic E-state index is -1.33. The molecule has 86 valence electrons. The van der Waals surface area contributed by atoms with E-state index in [1.807, 2.05) is 13.8 Å². The van der Waals surface area contributed by atoms with Crippen LogP contribution in [-0.2, 0) is 9.59 Å². The molecule has 1 heterocycles. The lowest BCUT2D eigenvalue weighted by Gasteiger charge is -2.22. The van der Waals surface area contributed by atoms with Gasteiger partial charge in [-0.25, -0.2) is 0 Å². The van der Waals surface area contributed by atoms with Crippen molar-refractivity contribution in [3.63, 3.8) is 0 Å². The number of carbonyl (C=O) groups is 2. The van der Waals surface area contributed by atoms with Crippen LogP contribution in [0.2, 0.25) is 0 Å². The van der Waals surface area contributed by atoms with Crippen LogP contribution in [0.15, 0.2) is 0 Å². The molecular weight excluding hydrogens is 196 g/mol. The van der Waals surface area contributed by atoms with Crippen LogP contribution < -0.4 is 11.1 Å². The predicted molar refractivity (Wildman–Crippen MR) is 55.2 cm³/mol. The molecule has 2 unspecified atom stereocenters. The van der Waals surface area contributed by atoms with Crippen molar-refractivity contribution >= 4 is 11.9 Å². The highest BCUT2D eigenvalue weighted by atomic mass is 16.4. The van der Waals surface area contributed by atoms with Gasteiger partial charge in [0.1, 0.15) is 5.54 Å². The maximum atomic E-state index is 11.5. The molecule has 1 saturated heterocycles. The second-order valence-corrected chi connectivity index (χ2v) is 5.20. The fourth-order valence-electron chi connectivity index (χ4n) is 1.96. The molecule has 2 atom stereocenters. The zero-order chi connectivity index (χ0) is 11.9. The predicted octanol–water partition coefficient (Wildman–Crippen LogP) is 0.0932. The molecule has 1 aliphatic heterocycles. The highest BCUT2D eigenvalue weighted by Gasteiger charge is 2.42. The van der Waals surface area contributed by atoms with Gasteiger partial charge in [-0.05, 0) is 33.6 Å². The maximum absolute atomic E-state index is 11.5. The largest absolute Gasteiger partial charge is 0.480 e. The monoisotopic (exact) mass is 214 g/mol. The summed E-state index contributed by atoms with van der Waals surface area (Å²) in [6, 6.07) is 0. The maximum Gasteiger partial charge on any atom is 0.323 e. The number of nitrogens with one attached hydrogen (secondary N) is 1. The Balaban J connectivity index is 2.69. The number of carboxylic acid groups (broad SMARTS) is 1. The van der Waals surface area contributed by atoms with Gasteiger partial charge in [0, 0.05) is 11.5 Å². The summed E-state index contributed by atoms with van der Waals surface area (Å²) < 4.78 is 0. The molecular formula is C10H18N2O3. The Hall–Kier alpha value is -1.10. The molecule has 1 amide bonds. The standard InChI is InChI=1S/C10H18N2O3/c1-9(2)4-6(7(13)12-9)5-10(3,11)8(14)15/h6H,4-5,11H2,1-3H3,(H,12,13)(H,14,15). The number of carboxylic acids is 1. The summed E-state index contributed by atoms with van der Waals surface area (Å²) in [5.41, 5.74) is 4.03. The lowest BCUT2D eigenvalue weighted by Crippen LogP contribution is -2.47. The molecule has 1 aliphatic rings. The van der Waals surface area contributed by atoms with Gasteiger partial charge in [-0.2, -0.15) is 0 Å². The average molecular weight is 214 g/mol. The Kier molecular flexibility index (Phi) is 2.78. The zero-order valence-corrected chi connectivity index (χ0v) is 9.33. The van der Waals surface area contributed by atoms with E-state index >= 15 is 0 Å². The van der Waals surface area contributed by atoms with Crippen molar-refractivity contribution in [3.8, 4) is 0 Å². The van der Waals surface area contributed by atoms with Gasteiger partial charge in [0.2, 0.25) is 5.91 Å². The van der Waals surface area contributed by atoms with E-state index in [-0.39, 0.29) is 23.8 Å². The summed E-state index contributed by atoms with van der Waals surface area (Å²) in [7, 11) is 0. The van der Waals surface area contributed by atoms with E-state index in [9.17, 15) is 9.59 Å². The van der Waals surface area contributed by atoms with Crippen LogP contribution in [0.4, 0.5) is 0 Å². The van der Waals surface area contributed by atoms with E-state index in [2.05, 4.69) is 5.32 Å². The van der Waals surface area contributed by atoms with Gasteiger partial charge in [-0.3, -0.25) is 9.59 Å². The van der Waals surface area contributed by atoms with Crippen molar-refractivity contribution < 1.29 is 14.7 Å². The molecule has 0 aromatic rings. The summed E-state index contributed by atoms with van der Waals surface area (Å²) in [5, 5.41) is 11.7. The third kappa shape index (κ3) is 2.68. The van der Waals surface area contributed by atoms with Gasteiger partial charge in [-0.15, -0.1) is 0 Å². The van der Waals surface area contributed by atoms with Gasteiger partial charge in [-0.1, -0.05) is 0 Å². The van der Waals surface area contributed by atoms with Crippen molar-refractivity contribution in [3.05, 3.63) is 0 Å². The Morgan fingerprint density at radius 3 is 2.60 bits per heavy atom. The van der Waals surface area contributed by atoms with E-state index in [1.165, 1.54) is 6.92 Å². The van der Waals surface area contributed by atoms with Crippen molar-refractivity contribution in [2.24, 2.45) is 11.7 Å². The molecule has 5 nitrogen and oxygen atoms in total. The topological polar surface area (TPSA) is 92.4 Å². The Morgan fingerprint density at radius 1 is 1.73 bits per heavy atom. The second-order valence-electron chi connectivity index (χ2n) is 5.20. The first-order valence-corrected chi connectivity index (χ1v) is 4.98. The van der Waals surface area contributed by atoms with Crippen LogP contribution in [0, 0.1) is 5.92 Å². The highest BCUT2D eigenvalue weighted by Crippen LogP contribution is 2.29. The smallest absolute Gasteiger partial charge is 0.323 e. The normalized spacial score (nSPS) is 28.3. The lowest BCUT2D eigenvalue weighted by molar-refractivity contribution is -0.143. The zero-order valence-electron chi connectivity index (χ0n) is 9.33. The Labute approximate surface area is 89.0 Å². The van der Waals surface area contributed by atoms with E-state index in [0.717, 1.165) is 0 Å². The van der Waals surface area contributed by atoms with Crippen molar-refractivity contribution in [1.29, 1.82) is 0 Å². The summed E-state index contributed by atoms with van der Waals surface area (Å²) in [5.74, 6) is -1.47. The molecule has 0 bridgehead atoms. The van der Waals surface area contributed by atoms with Gasteiger partial charge >= 0.3 is 5.97 Å². The number of nitrogens with two attached hydrogens (primary N) is 1. The van der Waals surface area contributed by atoms with Crippen LogP contribution >= 0.6 is 0 Å². The third-order valence-corrected chi connectivity index (χ3v) is 2.75. The number of aliphatic carboxylic acids is 1. The quantitative estimate of drug-likeness (QED) is 0.621. The van der Waals surface area contributed by atoms with Crippen LogP contribution in [-0.4, -0.2) is 28.1 Å². The molecule has 1 rings (SSSR count).